The van der Waals surface area contributed by atoms with Crippen LogP contribution in [0.2, 0.25) is 0 Å². The van der Waals surface area contributed by atoms with Gasteiger partial charge in [-0.2, -0.15) is 0 Å². The molecule has 0 spiro atoms. The monoisotopic (exact) mass is 354 g/mol. The van der Waals surface area contributed by atoms with Crippen molar-refractivity contribution in [1.29, 1.82) is 0 Å². The van der Waals surface area contributed by atoms with Crippen LogP contribution in [0.15, 0.2) is 66.1 Å². The minimum Gasteiger partial charge on any atom is -0.459 e. The van der Waals surface area contributed by atoms with Crippen molar-refractivity contribution in [2.75, 3.05) is 0 Å². The maximum absolute atomic E-state index is 14.2. The van der Waals surface area contributed by atoms with Gasteiger partial charge in [0.25, 0.3) is 0 Å². The average molecular weight is 354 g/mol. The summed E-state index contributed by atoms with van der Waals surface area (Å²) in [7, 11) is 0. The number of ether oxygens (including phenoxy) is 2. The van der Waals surface area contributed by atoms with E-state index in [-0.39, 0.29) is 5.82 Å². The third kappa shape index (κ3) is 4.82. The van der Waals surface area contributed by atoms with E-state index in [1.165, 1.54) is 0 Å². The van der Waals surface area contributed by atoms with Crippen LogP contribution in [0.1, 0.15) is 33.3 Å². The Bertz CT molecular complexity index is 848. The van der Waals surface area contributed by atoms with Gasteiger partial charge in [0.15, 0.2) is 0 Å². The highest BCUT2D eigenvalue weighted by atomic mass is 19.1. The molecule has 2 aromatic carbocycles. The highest BCUT2D eigenvalue weighted by Crippen LogP contribution is 2.27. The summed E-state index contributed by atoms with van der Waals surface area (Å²) in [5.74, 6) is 0.667. The number of aryl methyl sites for hydroxylation is 1. The molecule has 0 bridgehead atoms. The van der Waals surface area contributed by atoms with Gasteiger partial charge in [-0.15, -0.1) is 0 Å². The van der Waals surface area contributed by atoms with E-state index in [0.717, 1.165) is 17.5 Å². The average Bonchev–Trinajstić information content (AvgIpc) is 2.62. The van der Waals surface area contributed by atoms with Crippen LogP contribution in [-0.4, -0.2) is 5.97 Å². The molecule has 2 rings (SSSR count). The first-order valence-corrected chi connectivity index (χ1v) is 8.43. The molecule has 0 unspecified atom stereocenters. The topological polar surface area (TPSA) is 35.5 Å². The van der Waals surface area contributed by atoms with Crippen LogP contribution in [0.4, 0.5) is 4.39 Å². The first-order valence-electron chi connectivity index (χ1n) is 8.43. The summed E-state index contributed by atoms with van der Waals surface area (Å²) in [5, 5.41) is 0. The Kier molecular flexibility index (Phi) is 6.34. The second-order valence-electron chi connectivity index (χ2n) is 6.08. The van der Waals surface area contributed by atoms with Gasteiger partial charge in [-0.05, 0) is 56.5 Å². The van der Waals surface area contributed by atoms with Gasteiger partial charge in [-0.3, -0.25) is 0 Å². The minimum absolute atomic E-state index is 0.239. The summed E-state index contributed by atoms with van der Waals surface area (Å²) in [4.78, 5) is 11.5. The van der Waals surface area contributed by atoms with E-state index in [0.29, 0.717) is 28.4 Å². The minimum atomic E-state index is -0.494. The molecule has 3 nitrogen and oxygen atoms in total. The van der Waals surface area contributed by atoms with Crippen molar-refractivity contribution in [3.8, 4) is 16.9 Å². The van der Waals surface area contributed by atoms with E-state index in [2.05, 4.69) is 6.58 Å². The molecule has 0 N–H and O–H groups in total. The molecule has 0 saturated carbocycles. The largest absolute Gasteiger partial charge is 0.459 e. The second kappa shape index (κ2) is 8.48. The molecule has 0 atom stereocenters. The molecule has 0 amide bonds. The van der Waals surface area contributed by atoms with Crippen molar-refractivity contribution in [2.45, 2.75) is 34.1 Å². The Labute approximate surface area is 153 Å². The number of carbonyl (C=O) groups excluding carboxylic acids is 1. The van der Waals surface area contributed by atoms with Crippen LogP contribution in [0.5, 0.6) is 5.75 Å². The van der Waals surface area contributed by atoms with E-state index in [4.69, 9.17) is 9.47 Å². The Morgan fingerprint density at radius 3 is 2.23 bits per heavy atom. The van der Waals surface area contributed by atoms with Crippen molar-refractivity contribution in [3.05, 3.63) is 77.5 Å². The SMILES string of the molecule is C=C(C)C(=O)O/C(C)=C(\C)Oc1ccc(-c2ccc(CC)cc2F)cc1. The molecule has 0 saturated heterocycles. The number of hydrogen-bond donors (Lipinski definition) is 0. The zero-order valence-corrected chi connectivity index (χ0v) is 15.6. The fourth-order valence-corrected chi connectivity index (χ4v) is 2.26. The number of carbonyl (C=O) groups is 1. The van der Waals surface area contributed by atoms with Crippen LogP contribution in [0.25, 0.3) is 11.1 Å². The Morgan fingerprint density at radius 1 is 1.04 bits per heavy atom. The van der Waals surface area contributed by atoms with Crippen LogP contribution >= 0.6 is 0 Å². The lowest BCUT2D eigenvalue weighted by molar-refractivity contribution is -0.135. The first kappa shape index (κ1) is 19.4. The molecule has 2 aromatic rings. The quantitative estimate of drug-likeness (QED) is 0.373. The molecule has 4 heteroatoms. The third-order valence-corrected chi connectivity index (χ3v) is 3.97. The van der Waals surface area contributed by atoms with Gasteiger partial charge in [-0.1, -0.05) is 37.8 Å². The molecule has 0 aliphatic heterocycles. The molecule has 0 fully saturated rings. The van der Waals surface area contributed by atoms with Gasteiger partial charge in [-0.25, -0.2) is 9.18 Å². The predicted molar refractivity (Wildman–Crippen MR) is 101 cm³/mol. The molecule has 0 heterocycles. The van der Waals surface area contributed by atoms with Crippen molar-refractivity contribution in [2.24, 2.45) is 0 Å². The highest BCUT2D eigenvalue weighted by molar-refractivity contribution is 5.87. The van der Waals surface area contributed by atoms with Gasteiger partial charge >= 0.3 is 5.97 Å². The zero-order valence-electron chi connectivity index (χ0n) is 15.6. The molecular weight excluding hydrogens is 331 g/mol. The van der Waals surface area contributed by atoms with Gasteiger partial charge in [0.1, 0.15) is 23.1 Å². The van der Waals surface area contributed by atoms with Gasteiger partial charge in [0.2, 0.25) is 0 Å². The van der Waals surface area contributed by atoms with E-state index < -0.39 is 5.97 Å². The van der Waals surface area contributed by atoms with Crippen molar-refractivity contribution < 1.29 is 18.7 Å². The van der Waals surface area contributed by atoms with Crippen LogP contribution in [0.3, 0.4) is 0 Å². The standard InChI is InChI=1S/C22H23FO3/c1-6-17-7-12-20(21(23)13-17)18-8-10-19(11-9-18)25-15(4)16(5)26-22(24)14(2)3/h7-13H,2,6H2,1,3-5H3/b16-15+. The summed E-state index contributed by atoms with van der Waals surface area (Å²) >= 11 is 0. The molecule has 0 radical (unpaired) electrons. The van der Waals surface area contributed by atoms with Crippen LogP contribution in [-0.2, 0) is 16.0 Å². The number of allylic oxidation sites excluding steroid dienone is 2. The number of halogens is 1. The first-order chi connectivity index (χ1) is 12.3. The van der Waals surface area contributed by atoms with Crippen LogP contribution < -0.4 is 4.74 Å². The van der Waals surface area contributed by atoms with E-state index in [9.17, 15) is 9.18 Å². The number of hydrogen-bond acceptors (Lipinski definition) is 3. The Morgan fingerprint density at radius 2 is 1.69 bits per heavy atom. The third-order valence-electron chi connectivity index (χ3n) is 3.97. The summed E-state index contributed by atoms with van der Waals surface area (Å²) < 4.78 is 25.1. The smallest absolute Gasteiger partial charge is 0.338 e. The normalized spacial score (nSPS) is 11.6. The Hall–Kier alpha value is -2.88. The van der Waals surface area contributed by atoms with E-state index in [1.807, 2.05) is 13.0 Å². The lowest BCUT2D eigenvalue weighted by Gasteiger charge is -2.11. The lowest BCUT2D eigenvalue weighted by atomic mass is 10.0. The molecule has 136 valence electrons. The summed E-state index contributed by atoms with van der Waals surface area (Å²) in [6, 6.07) is 12.4. The summed E-state index contributed by atoms with van der Waals surface area (Å²) in [6.45, 7) is 10.5. The summed E-state index contributed by atoms with van der Waals surface area (Å²) in [5.41, 5.74) is 2.60. The fourth-order valence-electron chi connectivity index (χ4n) is 2.26. The van der Waals surface area contributed by atoms with Crippen molar-refractivity contribution in [1.82, 2.24) is 0 Å². The maximum atomic E-state index is 14.2. The molecule has 26 heavy (non-hydrogen) atoms. The second-order valence-corrected chi connectivity index (χ2v) is 6.08. The molecule has 0 aliphatic rings. The Balaban J connectivity index is 2.14. The van der Waals surface area contributed by atoms with Crippen molar-refractivity contribution >= 4 is 5.97 Å². The van der Waals surface area contributed by atoms with Crippen LogP contribution in [0, 0.1) is 5.82 Å². The molecule has 0 aliphatic carbocycles. The van der Waals surface area contributed by atoms with Gasteiger partial charge in [0, 0.05) is 11.1 Å². The van der Waals surface area contributed by atoms with E-state index in [1.54, 1.807) is 57.2 Å². The highest BCUT2D eigenvalue weighted by Gasteiger charge is 2.10. The van der Waals surface area contributed by atoms with Gasteiger partial charge < -0.3 is 9.47 Å². The van der Waals surface area contributed by atoms with Crippen molar-refractivity contribution in [3.63, 3.8) is 0 Å². The number of rotatable bonds is 6. The summed E-state index contributed by atoms with van der Waals surface area (Å²) in [6.07, 6.45) is 0.797. The lowest BCUT2D eigenvalue weighted by Crippen LogP contribution is -2.06. The predicted octanol–water partition coefficient (Wildman–Crippen LogP) is 5.80. The number of benzene rings is 2. The molecular formula is C22H23FO3. The molecule has 0 aromatic heterocycles. The fraction of sp³-hybridized carbons (Fsp3) is 0.227. The zero-order chi connectivity index (χ0) is 19.3. The maximum Gasteiger partial charge on any atom is 0.338 e. The van der Waals surface area contributed by atoms with Gasteiger partial charge in [0.05, 0.1) is 0 Å². The number of esters is 1. The van der Waals surface area contributed by atoms with E-state index >= 15 is 0 Å².